The molecule has 0 aliphatic rings. The van der Waals surface area contributed by atoms with E-state index in [4.69, 9.17) is 5.11 Å². The van der Waals surface area contributed by atoms with E-state index in [9.17, 15) is 18.0 Å². The summed E-state index contributed by atoms with van der Waals surface area (Å²) >= 11 is 0. The van der Waals surface area contributed by atoms with Crippen molar-refractivity contribution in [3.8, 4) is 0 Å². The van der Waals surface area contributed by atoms with Crippen molar-refractivity contribution in [3.63, 3.8) is 0 Å². The van der Waals surface area contributed by atoms with Crippen LogP contribution in [0.2, 0.25) is 0 Å². The molecule has 21 heavy (non-hydrogen) atoms. The van der Waals surface area contributed by atoms with Crippen LogP contribution < -0.4 is 5.32 Å². The number of sulfone groups is 1. The second-order valence-electron chi connectivity index (χ2n) is 6.55. The third-order valence-corrected chi connectivity index (χ3v) is 5.23. The van der Waals surface area contributed by atoms with Crippen LogP contribution in [0.1, 0.15) is 47.0 Å². The van der Waals surface area contributed by atoms with E-state index in [1.54, 1.807) is 0 Å². The molecule has 0 aromatic carbocycles. The summed E-state index contributed by atoms with van der Waals surface area (Å²) in [5.74, 6) is -1.20. The average Bonchev–Trinajstić information content (AvgIpc) is 2.28. The number of carbonyl (C=O) groups excluding carboxylic acids is 1. The highest BCUT2D eigenvalue weighted by molar-refractivity contribution is 7.92. The smallest absolute Gasteiger partial charge is 0.303 e. The summed E-state index contributed by atoms with van der Waals surface area (Å²) in [6.45, 7) is 7.79. The number of nitrogens with one attached hydrogen (secondary N) is 1. The molecule has 0 spiro atoms. The van der Waals surface area contributed by atoms with Gasteiger partial charge in [-0.2, -0.15) is 0 Å². The van der Waals surface area contributed by atoms with Gasteiger partial charge in [0.1, 0.15) is 5.25 Å². The van der Waals surface area contributed by atoms with Crippen molar-refractivity contribution in [1.82, 2.24) is 5.32 Å². The maximum absolute atomic E-state index is 11.7. The zero-order chi connectivity index (χ0) is 16.8. The molecule has 0 saturated carbocycles. The number of aliphatic carboxylic acids is 1. The Morgan fingerprint density at radius 3 is 2.10 bits per heavy atom. The fraction of sp³-hybridized carbons (Fsp3) is 0.857. The lowest BCUT2D eigenvalue weighted by Crippen LogP contribution is -2.39. The van der Waals surface area contributed by atoms with Gasteiger partial charge in [-0.15, -0.1) is 0 Å². The van der Waals surface area contributed by atoms with Crippen molar-refractivity contribution in [1.29, 1.82) is 0 Å². The van der Waals surface area contributed by atoms with Gasteiger partial charge in [-0.25, -0.2) is 8.42 Å². The normalized spacial score (nSPS) is 15.3. The molecule has 2 atom stereocenters. The lowest BCUT2D eigenvalue weighted by Gasteiger charge is -2.30. The highest BCUT2D eigenvalue weighted by Crippen LogP contribution is 2.32. The summed E-state index contributed by atoms with van der Waals surface area (Å²) in [5, 5.41) is 10.3. The van der Waals surface area contributed by atoms with Crippen LogP contribution in [-0.2, 0) is 19.4 Å². The Kier molecular flexibility index (Phi) is 7.36. The van der Waals surface area contributed by atoms with E-state index in [2.05, 4.69) is 5.32 Å². The van der Waals surface area contributed by atoms with Gasteiger partial charge >= 0.3 is 5.97 Å². The Labute approximate surface area is 127 Å². The molecule has 2 unspecified atom stereocenters. The lowest BCUT2D eigenvalue weighted by atomic mass is 9.76. The van der Waals surface area contributed by atoms with Crippen LogP contribution >= 0.6 is 0 Å². The van der Waals surface area contributed by atoms with Crippen molar-refractivity contribution < 1.29 is 23.1 Å². The summed E-state index contributed by atoms with van der Waals surface area (Å²) in [7, 11) is -3.39. The second-order valence-corrected chi connectivity index (χ2v) is 8.91. The first-order chi connectivity index (χ1) is 9.35. The Hall–Kier alpha value is -1.11. The van der Waals surface area contributed by atoms with Gasteiger partial charge in [0, 0.05) is 19.2 Å². The fourth-order valence-electron chi connectivity index (χ4n) is 2.02. The van der Waals surface area contributed by atoms with E-state index in [1.165, 1.54) is 6.92 Å². The van der Waals surface area contributed by atoms with E-state index in [-0.39, 0.29) is 17.8 Å². The van der Waals surface area contributed by atoms with Crippen molar-refractivity contribution in [3.05, 3.63) is 0 Å². The average molecular weight is 321 g/mol. The number of carboxylic acid groups (broad SMARTS) is 1. The van der Waals surface area contributed by atoms with Crippen molar-refractivity contribution in [2.24, 2.45) is 11.3 Å². The zero-order valence-corrected chi connectivity index (χ0v) is 14.3. The van der Waals surface area contributed by atoms with Crippen molar-refractivity contribution in [2.45, 2.75) is 52.2 Å². The number of hydrogen-bond donors (Lipinski definition) is 2. The van der Waals surface area contributed by atoms with Crippen LogP contribution in [0.15, 0.2) is 0 Å². The molecule has 7 heteroatoms. The predicted molar refractivity (Wildman–Crippen MR) is 81.7 cm³/mol. The standard InChI is InChI=1S/C14H27NO5S/c1-10(21(5,19)20)13(18)15-9-8-11(14(2,3)4)6-7-12(16)17/h10-11H,6-9H2,1-5H3,(H,15,18)(H,16,17). The molecule has 0 aliphatic carbocycles. The molecule has 124 valence electrons. The van der Waals surface area contributed by atoms with E-state index in [0.717, 1.165) is 6.26 Å². The number of rotatable bonds is 8. The Morgan fingerprint density at radius 2 is 1.71 bits per heavy atom. The quantitative estimate of drug-likeness (QED) is 0.705. The molecular formula is C14H27NO5S. The van der Waals surface area contributed by atoms with Crippen molar-refractivity contribution >= 4 is 21.7 Å². The largest absolute Gasteiger partial charge is 0.481 e. The van der Waals surface area contributed by atoms with Crippen LogP contribution in [0.4, 0.5) is 0 Å². The molecule has 0 rings (SSSR count). The molecule has 2 N–H and O–H groups in total. The van der Waals surface area contributed by atoms with E-state index in [1.807, 2.05) is 20.8 Å². The minimum absolute atomic E-state index is 0.0668. The van der Waals surface area contributed by atoms with E-state index >= 15 is 0 Å². The first kappa shape index (κ1) is 19.9. The summed E-state index contributed by atoms with van der Waals surface area (Å²) < 4.78 is 22.6. The minimum Gasteiger partial charge on any atom is -0.481 e. The summed E-state index contributed by atoms with van der Waals surface area (Å²) in [5.41, 5.74) is -0.0668. The van der Waals surface area contributed by atoms with E-state index in [0.29, 0.717) is 19.4 Å². The zero-order valence-electron chi connectivity index (χ0n) is 13.5. The molecule has 0 radical (unpaired) electrons. The summed E-state index contributed by atoms with van der Waals surface area (Å²) in [6.07, 6.45) is 2.28. The predicted octanol–water partition coefficient (Wildman–Crippen LogP) is 1.45. The van der Waals surface area contributed by atoms with Gasteiger partial charge in [0.05, 0.1) is 0 Å². The molecular weight excluding hydrogens is 294 g/mol. The topological polar surface area (TPSA) is 101 Å². The highest BCUT2D eigenvalue weighted by Gasteiger charge is 2.26. The van der Waals surface area contributed by atoms with Gasteiger partial charge in [-0.3, -0.25) is 9.59 Å². The van der Waals surface area contributed by atoms with Gasteiger partial charge in [-0.05, 0) is 31.1 Å². The van der Waals surface area contributed by atoms with Gasteiger partial charge in [0.15, 0.2) is 9.84 Å². The molecule has 0 aromatic heterocycles. The first-order valence-electron chi connectivity index (χ1n) is 7.04. The SMILES string of the molecule is CC(C(=O)NCCC(CCC(=O)O)C(C)(C)C)S(C)(=O)=O. The summed E-state index contributed by atoms with van der Waals surface area (Å²) in [6, 6.07) is 0. The number of carbonyl (C=O) groups is 2. The molecule has 0 heterocycles. The van der Waals surface area contributed by atoms with Gasteiger partial charge in [-0.1, -0.05) is 20.8 Å². The monoisotopic (exact) mass is 321 g/mol. The van der Waals surface area contributed by atoms with E-state index < -0.39 is 27.0 Å². The van der Waals surface area contributed by atoms with Crippen LogP contribution in [0.25, 0.3) is 0 Å². The van der Waals surface area contributed by atoms with Crippen LogP contribution in [0, 0.1) is 11.3 Å². The maximum Gasteiger partial charge on any atom is 0.303 e. The Bertz CT molecular complexity index is 464. The number of hydrogen-bond acceptors (Lipinski definition) is 4. The van der Waals surface area contributed by atoms with Crippen molar-refractivity contribution in [2.75, 3.05) is 12.8 Å². The molecule has 0 bridgehead atoms. The minimum atomic E-state index is -3.39. The number of carboxylic acids is 1. The number of amides is 1. The highest BCUT2D eigenvalue weighted by atomic mass is 32.2. The first-order valence-corrected chi connectivity index (χ1v) is 8.99. The van der Waals surface area contributed by atoms with Crippen LogP contribution in [-0.4, -0.2) is 43.5 Å². The Morgan fingerprint density at radius 1 is 1.19 bits per heavy atom. The van der Waals surface area contributed by atoms with Gasteiger partial charge < -0.3 is 10.4 Å². The molecule has 0 aliphatic heterocycles. The third-order valence-electron chi connectivity index (χ3n) is 3.73. The fourth-order valence-corrected chi connectivity index (χ4v) is 2.49. The maximum atomic E-state index is 11.7. The van der Waals surface area contributed by atoms with Crippen LogP contribution in [0.5, 0.6) is 0 Å². The lowest BCUT2D eigenvalue weighted by molar-refractivity contribution is -0.137. The second kappa shape index (κ2) is 7.77. The Balaban J connectivity index is 4.44. The molecule has 0 aromatic rings. The molecule has 1 amide bonds. The molecule has 6 nitrogen and oxygen atoms in total. The summed E-state index contributed by atoms with van der Waals surface area (Å²) in [4.78, 5) is 22.4. The van der Waals surface area contributed by atoms with Gasteiger partial charge in [0.2, 0.25) is 5.91 Å². The third kappa shape index (κ3) is 8.04. The van der Waals surface area contributed by atoms with Gasteiger partial charge in [0.25, 0.3) is 0 Å². The molecule has 0 saturated heterocycles. The molecule has 0 fully saturated rings. The van der Waals surface area contributed by atoms with Crippen LogP contribution in [0.3, 0.4) is 0 Å².